The van der Waals surface area contributed by atoms with E-state index in [1.807, 2.05) is 0 Å². The summed E-state index contributed by atoms with van der Waals surface area (Å²) in [4.78, 5) is 55.1. The Morgan fingerprint density at radius 1 is 1.15 bits per heavy atom. The van der Waals surface area contributed by atoms with E-state index >= 15 is 0 Å². The summed E-state index contributed by atoms with van der Waals surface area (Å²) in [6, 6.07) is 6.10. The Balaban J connectivity index is 1.49. The fourth-order valence-corrected chi connectivity index (χ4v) is 6.94. The second kappa shape index (κ2) is 11.2. The number of carbonyl (C=O) groups is 1. The normalized spacial score (nSPS) is 27.8. The molecule has 0 amide bonds. The smallest absolute Gasteiger partial charge is 0.456 e. The summed E-state index contributed by atoms with van der Waals surface area (Å²) in [5, 5.41) is 6.01. The number of nitrogens with one attached hydrogen (secondary N) is 2. The molecule has 2 unspecified atom stereocenters. The standard InChI is InChI=1S/C17H25N6O13P3/c18-10-4-2-1-3-9(10)17(24)34-11-5-13(23-8-22-14-15(19)20-7-21-16(14)23)33-12(11)6-32-38(28,29)36-39(30,31)35-37(25,26)27/h1-4,7,11-13,15,22H,5-6,8,18-19H2,(H,20,21)(H,28,29)(H,30,31)(H2,25,26,27)/t11-,12+,13+,15+/m0/s1. The van der Waals surface area contributed by atoms with Gasteiger partial charge in [-0.15, -0.1) is 0 Å². The van der Waals surface area contributed by atoms with Crippen LogP contribution in [0.3, 0.4) is 0 Å². The largest absolute Gasteiger partial charge is 0.490 e. The van der Waals surface area contributed by atoms with Crippen LogP contribution in [0.5, 0.6) is 0 Å². The predicted molar refractivity (Wildman–Crippen MR) is 130 cm³/mol. The van der Waals surface area contributed by atoms with Crippen LogP contribution in [-0.4, -0.2) is 74.7 Å². The first-order chi connectivity index (χ1) is 18.1. The molecule has 22 heteroatoms. The van der Waals surface area contributed by atoms with Crippen molar-refractivity contribution in [3.63, 3.8) is 0 Å². The van der Waals surface area contributed by atoms with Crippen molar-refractivity contribution < 1.29 is 60.7 Å². The molecule has 1 aromatic rings. The van der Waals surface area contributed by atoms with Crippen LogP contribution in [0, 0.1) is 0 Å². The summed E-state index contributed by atoms with van der Waals surface area (Å²) in [5.41, 5.74) is 12.6. The van der Waals surface area contributed by atoms with Crippen molar-refractivity contribution in [2.24, 2.45) is 10.7 Å². The molecule has 1 saturated heterocycles. The summed E-state index contributed by atoms with van der Waals surface area (Å²) >= 11 is 0. The van der Waals surface area contributed by atoms with Gasteiger partial charge in [0.1, 0.15) is 30.4 Å². The Labute approximate surface area is 220 Å². The van der Waals surface area contributed by atoms with Crippen LogP contribution in [0.1, 0.15) is 16.8 Å². The SMILES string of the molecule is Nc1ccccc1C(=O)O[C@H]1C[C@H](N2CNC3=C2NC=N[C@H]3N)O[C@@H]1COP(=O)(O)OP(=O)(O)OP(=O)(O)O. The van der Waals surface area contributed by atoms with Crippen molar-refractivity contribution in [1.82, 2.24) is 15.5 Å². The topological polar surface area (TPSA) is 287 Å². The minimum absolute atomic E-state index is 0.0232. The van der Waals surface area contributed by atoms with E-state index in [1.165, 1.54) is 18.5 Å². The van der Waals surface area contributed by atoms with Gasteiger partial charge in [-0.25, -0.2) is 18.5 Å². The van der Waals surface area contributed by atoms with Crippen molar-refractivity contribution in [2.75, 3.05) is 19.0 Å². The number of benzene rings is 1. The van der Waals surface area contributed by atoms with Gasteiger partial charge in [0.05, 0.1) is 30.9 Å². The van der Waals surface area contributed by atoms with E-state index in [2.05, 4.69) is 24.2 Å². The molecular formula is C17H25N6O13P3. The molecule has 3 aliphatic heterocycles. The molecule has 3 aliphatic rings. The van der Waals surface area contributed by atoms with Crippen LogP contribution in [-0.2, 0) is 36.3 Å². The third kappa shape index (κ3) is 7.43. The van der Waals surface area contributed by atoms with E-state index in [-0.39, 0.29) is 24.3 Å². The molecule has 0 saturated carbocycles. The van der Waals surface area contributed by atoms with E-state index < -0.39 is 60.6 Å². The van der Waals surface area contributed by atoms with Gasteiger partial charge in [0.15, 0.2) is 0 Å². The van der Waals surface area contributed by atoms with Gasteiger partial charge >= 0.3 is 29.4 Å². The molecule has 1 fully saturated rings. The number of aliphatic imine (C=N–C) groups is 1. The first-order valence-corrected chi connectivity index (χ1v) is 15.4. The quantitative estimate of drug-likeness (QED) is 0.0909. The first kappa shape index (κ1) is 29.6. The summed E-state index contributed by atoms with van der Waals surface area (Å²) in [6.45, 7) is -0.613. The summed E-state index contributed by atoms with van der Waals surface area (Å²) in [5.74, 6) is -0.288. The highest BCUT2D eigenvalue weighted by Crippen LogP contribution is 2.66. The van der Waals surface area contributed by atoms with Gasteiger partial charge in [0.25, 0.3) is 0 Å². The number of ether oxygens (including phenoxy) is 2. The zero-order chi connectivity index (χ0) is 28.6. The second-order valence-corrected chi connectivity index (χ2v) is 12.6. The van der Waals surface area contributed by atoms with Crippen LogP contribution in [0.25, 0.3) is 0 Å². The molecule has 0 aromatic heterocycles. The van der Waals surface area contributed by atoms with Gasteiger partial charge in [0, 0.05) is 12.1 Å². The zero-order valence-corrected chi connectivity index (χ0v) is 22.4. The number of nitrogen functional groups attached to an aromatic ring is 1. The number of carbonyl (C=O) groups excluding carboxylic acids is 1. The number of nitrogens with two attached hydrogens (primary N) is 2. The van der Waals surface area contributed by atoms with E-state index in [4.69, 9.17) is 35.3 Å². The third-order valence-corrected chi connectivity index (χ3v) is 9.30. The molecule has 0 bridgehead atoms. The molecule has 6 atom stereocenters. The number of hydrogen-bond acceptors (Lipinski definition) is 15. The molecule has 19 nitrogen and oxygen atoms in total. The number of esters is 1. The number of para-hydroxylation sites is 1. The molecule has 39 heavy (non-hydrogen) atoms. The number of anilines is 1. The Morgan fingerprint density at radius 3 is 2.56 bits per heavy atom. The summed E-state index contributed by atoms with van der Waals surface area (Å²) < 4.78 is 58.3. The third-order valence-electron chi connectivity index (χ3n) is 5.50. The Bertz CT molecular complexity index is 1320. The lowest BCUT2D eigenvalue weighted by Gasteiger charge is -2.28. The molecular weight excluding hydrogens is 589 g/mol. The minimum atomic E-state index is -5.73. The predicted octanol–water partition coefficient (Wildman–Crippen LogP) is -0.799. The maximum Gasteiger partial charge on any atom is 0.490 e. The number of phosphoric ester groups is 1. The fourth-order valence-electron chi connectivity index (χ4n) is 3.91. The first-order valence-electron chi connectivity index (χ1n) is 10.9. The van der Waals surface area contributed by atoms with Crippen molar-refractivity contribution in [3.8, 4) is 0 Å². The van der Waals surface area contributed by atoms with Gasteiger partial charge in [-0.3, -0.25) is 9.52 Å². The lowest BCUT2D eigenvalue weighted by atomic mass is 10.1. The monoisotopic (exact) mass is 614 g/mol. The fraction of sp³-hybridized carbons (Fsp3) is 0.412. The molecule has 10 N–H and O–H groups in total. The van der Waals surface area contributed by atoms with Gasteiger partial charge in [-0.05, 0) is 12.1 Å². The average Bonchev–Trinajstić information content (AvgIpc) is 3.40. The highest BCUT2D eigenvalue weighted by Gasteiger charge is 2.46. The van der Waals surface area contributed by atoms with Crippen molar-refractivity contribution in [2.45, 2.75) is 31.0 Å². The number of phosphoric acid groups is 3. The van der Waals surface area contributed by atoms with E-state index in [0.29, 0.717) is 11.5 Å². The molecule has 0 spiro atoms. The van der Waals surface area contributed by atoms with Gasteiger partial charge in [-0.2, -0.15) is 8.62 Å². The zero-order valence-electron chi connectivity index (χ0n) is 19.7. The van der Waals surface area contributed by atoms with E-state index in [1.54, 1.807) is 17.0 Å². The van der Waals surface area contributed by atoms with Crippen LogP contribution in [0.4, 0.5) is 5.69 Å². The van der Waals surface area contributed by atoms with E-state index in [9.17, 15) is 28.3 Å². The van der Waals surface area contributed by atoms with Gasteiger partial charge < -0.3 is 56.0 Å². The Morgan fingerprint density at radius 2 is 1.87 bits per heavy atom. The highest BCUT2D eigenvalue weighted by atomic mass is 31.3. The minimum Gasteiger partial charge on any atom is -0.456 e. The number of hydrogen-bond donors (Lipinski definition) is 8. The molecule has 0 aliphatic carbocycles. The van der Waals surface area contributed by atoms with Gasteiger partial charge in [-0.1, -0.05) is 12.1 Å². The second-order valence-electron chi connectivity index (χ2n) is 8.22. The number of nitrogens with zero attached hydrogens (tertiary/aromatic N) is 2. The Hall–Kier alpha value is -2.37. The molecule has 216 valence electrons. The van der Waals surface area contributed by atoms with Gasteiger partial charge in [0.2, 0.25) is 0 Å². The lowest BCUT2D eigenvalue weighted by Crippen LogP contribution is -2.40. The highest BCUT2D eigenvalue weighted by molar-refractivity contribution is 7.66. The Kier molecular flexibility index (Phi) is 8.54. The van der Waals surface area contributed by atoms with Crippen LogP contribution < -0.4 is 22.1 Å². The summed E-state index contributed by atoms with van der Waals surface area (Å²) in [7, 11) is -16.8. The molecule has 4 rings (SSSR count). The molecule has 3 heterocycles. The van der Waals surface area contributed by atoms with Crippen molar-refractivity contribution in [1.29, 1.82) is 0 Å². The van der Waals surface area contributed by atoms with Crippen LogP contribution in [0.15, 0.2) is 40.8 Å². The molecule has 0 radical (unpaired) electrons. The van der Waals surface area contributed by atoms with Crippen LogP contribution >= 0.6 is 23.5 Å². The summed E-state index contributed by atoms with van der Waals surface area (Å²) in [6.07, 6.45) is -2.37. The average molecular weight is 614 g/mol. The number of rotatable bonds is 10. The van der Waals surface area contributed by atoms with Crippen molar-refractivity contribution in [3.05, 3.63) is 41.3 Å². The van der Waals surface area contributed by atoms with E-state index in [0.717, 1.165) is 0 Å². The van der Waals surface area contributed by atoms with Crippen LogP contribution in [0.2, 0.25) is 0 Å². The lowest BCUT2D eigenvalue weighted by molar-refractivity contribution is -0.0690. The maximum absolute atomic E-state index is 12.8. The van der Waals surface area contributed by atoms with Crippen molar-refractivity contribution >= 4 is 41.5 Å². The maximum atomic E-state index is 12.8. The molecule has 1 aromatic carbocycles.